The van der Waals surface area contributed by atoms with Gasteiger partial charge in [0.25, 0.3) is 0 Å². The van der Waals surface area contributed by atoms with Crippen LogP contribution in [0.2, 0.25) is 10.0 Å². The van der Waals surface area contributed by atoms with Crippen LogP contribution in [-0.2, 0) is 0 Å². The summed E-state index contributed by atoms with van der Waals surface area (Å²) in [6, 6.07) is 10.6. The molecule has 2 aromatic carbocycles. The van der Waals surface area contributed by atoms with Gasteiger partial charge in [-0.15, -0.1) is 0 Å². The molecule has 0 atom stereocenters. The number of phenols is 1. The van der Waals surface area contributed by atoms with Crippen molar-refractivity contribution in [3.8, 4) is 16.9 Å². The monoisotopic (exact) mass is 252 g/mol. The summed E-state index contributed by atoms with van der Waals surface area (Å²) < 4.78 is 0. The first-order valence-electron chi connectivity index (χ1n) is 4.83. The maximum absolute atomic E-state index is 9.78. The molecule has 0 aliphatic carbocycles. The minimum absolute atomic E-state index is 0.226. The molecule has 1 nitrogen and oxygen atoms in total. The summed E-state index contributed by atoms with van der Waals surface area (Å²) in [4.78, 5) is 0. The lowest BCUT2D eigenvalue weighted by Crippen LogP contribution is -1.85. The maximum atomic E-state index is 9.78. The molecule has 0 heterocycles. The Bertz CT molecular complexity index is 535. The fraction of sp³-hybridized carbons (Fsp3) is 0.0769. The van der Waals surface area contributed by atoms with Crippen LogP contribution >= 0.6 is 23.2 Å². The van der Waals surface area contributed by atoms with E-state index in [1.165, 1.54) is 0 Å². The van der Waals surface area contributed by atoms with Crippen LogP contribution in [0.5, 0.6) is 5.75 Å². The third kappa shape index (κ3) is 2.01. The van der Waals surface area contributed by atoms with E-state index in [0.717, 1.165) is 16.7 Å². The molecular weight excluding hydrogens is 243 g/mol. The van der Waals surface area contributed by atoms with E-state index in [0.29, 0.717) is 10.0 Å². The Morgan fingerprint density at radius 1 is 1.00 bits per heavy atom. The molecule has 0 aromatic heterocycles. The van der Waals surface area contributed by atoms with Crippen molar-refractivity contribution < 1.29 is 5.11 Å². The molecule has 3 heteroatoms. The molecule has 0 saturated heterocycles. The third-order valence-corrected chi connectivity index (χ3v) is 3.11. The molecule has 0 saturated carbocycles. The van der Waals surface area contributed by atoms with Gasteiger partial charge in [0, 0.05) is 15.6 Å². The Morgan fingerprint density at radius 3 is 2.38 bits per heavy atom. The lowest BCUT2D eigenvalue weighted by Gasteiger charge is -2.10. The molecule has 0 fully saturated rings. The van der Waals surface area contributed by atoms with Gasteiger partial charge in [-0.25, -0.2) is 0 Å². The average molecular weight is 253 g/mol. The second kappa shape index (κ2) is 4.36. The van der Waals surface area contributed by atoms with Gasteiger partial charge in [-0.05, 0) is 36.2 Å². The normalized spacial score (nSPS) is 10.4. The van der Waals surface area contributed by atoms with E-state index >= 15 is 0 Å². The Morgan fingerprint density at radius 2 is 1.69 bits per heavy atom. The summed E-state index contributed by atoms with van der Waals surface area (Å²) in [6.45, 7) is 1.90. The summed E-state index contributed by atoms with van der Waals surface area (Å²) in [5.74, 6) is 0.226. The van der Waals surface area contributed by atoms with Gasteiger partial charge in [-0.1, -0.05) is 41.4 Å². The van der Waals surface area contributed by atoms with Gasteiger partial charge in [0.15, 0.2) is 0 Å². The molecule has 82 valence electrons. The van der Waals surface area contributed by atoms with Gasteiger partial charge in [-0.3, -0.25) is 0 Å². The van der Waals surface area contributed by atoms with Crippen molar-refractivity contribution in [1.82, 2.24) is 0 Å². The topological polar surface area (TPSA) is 20.2 Å². The zero-order valence-electron chi connectivity index (χ0n) is 8.67. The van der Waals surface area contributed by atoms with Crippen LogP contribution in [0.1, 0.15) is 5.56 Å². The number of para-hydroxylation sites is 1. The molecule has 0 aliphatic rings. The Balaban J connectivity index is 2.69. The summed E-state index contributed by atoms with van der Waals surface area (Å²) in [5.41, 5.74) is 2.51. The van der Waals surface area contributed by atoms with Crippen molar-refractivity contribution in [1.29, 1.82) is 0 Å². The predicted octanol–water partition coefficient (Wildman–Crippen LogP) is 4.67. The van der Waals surface area contributed by atoms with E-state index in [2.05, 4.69) is 0 Å². The molecular formula is C13H10Cl2O. The third-order valence-electron chi connectivity index (χ3n) is 2.50. The molecule has 0 spiro atoms. The van der Waals surface area contributed by atoms with Crippen LogP contribution in [0.4, 0.5) is 0 Å². The number of aromatic hydroxyl groups is 1. The summed E-state index contributed by atoms with van der Waals surface area (Å²) in [7, 11) is 0. The lowest BCUT2D eigenvalue weighted by atomic mass is 10.00. The first-order chi connectivity index (χ1) is 7.59. The molecule has 0 bridgehead atoms. The van der Waals surface area contributed by atoms with E-state index < -0.39 is 0 Å². The second-order valence-corrected chi connectivity index (χ2v) is 4.42. The fourth-order valence-electron chi connectivity index (χ4n) is 1.63. The van der Waals surface area contributed by atoms with Crippen molar-refractivity contribution >= 4 is 23.2 Å². The van der Waals surface area contributed by atoms with E-state index in [1.807, 2.05) is 19.1 Å². The van der Waals surface area contributed by atoms with Crippen LogP contribution in [0.25, 0.3) is 11.1 Å². The first kappa shape index (κ1) is 11.3. The molecule has 2 rings (SSSR count). The van der Waals surface area contributed by atoms with E-state index in [1.54, 1.807) is 24.3 Å². The van der Waals surface area contributed by atoms with Crippen LogP contribution in [0, 0.1) is 6.92 Å². The van der Waals surface area contributed by atoms with Crippen molar-refractivity contribution in [2.75, 3.05) is 0 Å². The predicted molar refractivity (Wildman–Crippen MR) is 68.3 cm³/mol. The van der Waals surface area contributed by atoms with Gasteiger partial charge in [-0.2, -0.15) is 0 Å². The SMILES string of the molecule is Cc1c(Cl)cc(Cl)cc1-c1ccccc1O. The van der Waals surface area contributed by atoms with E-state index in [4.69, 9.17) is 23.2 Å². The minimum atomic E-state index is 0.226. The van der Waals surface area contributed by atoms with Crippen LogP contribution in [0.15, 0.2) is 36.4 Å². The minimum Gasteiger partial charge on any atom is -0.507 e. The van der Waals surface area contributed by atoms with Gasteiger partial charge in [0.1, 0.15) is 5.75 Å². The Labute approximate surface area is 104 Å². The van der Waals surface area contributed by atoms with Gasteiger partial charge >= 0.3 is 0 Å². The number of benzene rings is 2. The molecule has 0 radical (unpaired) electrons. The maximum Gasteiger partial charge on any atom is 0.123 e. The Kier molecular flexibility index (Phi) is 3.08. The van der Waals surface area contributed by atoms with Gasteiger partial charge in [0.05, 0.1) is 0 Å². The second-order valence-electron chi connectivity index (χ2n) is 3.58. The largest absolute Gasteiger partial charge is 0.507 e. The highest BCUT2D eigenvalue weighted by atomic mass is 35.5. The standard InChI is InChI=1S/C13H10Cl2O/c1-8-11(6-9(14)7-12(8)15)10-4-2-3-5-13(10)16/h2-7,16H,1H3. The fourth-order valence-corrected chi connectivity index (χ4v) is 2.12. The van der Waals surface area contributed by atoms with Gasteiger partial charge in [0.2, 0.25) is 0 Å². The smallest absolute Gasteiger partial charge is 0.123 e. The van der Waals surface area contributed by atoms with Gasteiger partial charge < -0.3 is 5.11 Å². The molecule has 1 N–H and O–H groups in total. The summed E-state index contributed by atoms with van der Waals surface area (Å²) in [6.07, 6.45) is 0. The number of rotatable bonds is 1. The number of hydrogen-bond donors (Lipinski definition) is 1. The molecule has 0 aliphatic heterocycles. The van der Waals surface area contributed by atoms with Crippen molar-refractivity contribution in [2.45, 2.75) is 6.92 Å². The lowest BCUT2D eigenvalue weighted by molar-refractivity contribution is 0.477. The quantitative estimate of drug-likeness (QED) is 0.782. The van der Waals surface area contributed by atoms with Crippen LogP contribution in [0.3, 0.4) is 0 Å². The number of halogens is 2. The van der Waals surface area contributed by atoms with Crippen LogP contribution < -0.4 is 0 Å². The van der Waals surface area contributed by atoms with Crippen molar-refractivity contribution in [2.24, 2.45) is 0 Å². The summed E-state index contributed by atoms with van der Waals surface area (Å²) >= 11 is 12.0. The molecule has 0 unspecified atom stereocenters. The zero-order chi connectivity index (χ0) is 11.7. The van der Waals surface area contributed by atoms with Crippen molar-refractivity contribution in [3.63, 3.8) is 0 Å². The number of hydrogen-bond acceptors (Lipinski definition) is 1. The van der Waals surface area contributed by atoms with Crippen LogP contribution in [-0.4, -0.2) is 5.11 Å². The molecule has 2 aromatic rings. The Hall–Kier alpha value is -1.18. The highest BCUT2D eigenvalue weighted by Gasteiger charge is 2.10. The van der Waals surface area contributed by atoms with E-state index in [9.17, 15) is 5.11 Å². The number of phenolic OH excluding ortho intramolecular Hbond substituents is 1. The zero-order valence-corrected chi connectivity index (χ0v) is 10.2. The molecule has 16 heavy (non-hydrogen) atoms. The highest BCUT2D eigenvalue weighted by Crippen LogP contribution is 2.36. The first-order valence-corrected chi connectivity index (χ1v) is 5.59. The highest BCUT2D eigenvalue weighted by molar-refractivity contribution is 6.35. The van der Waals surface area contributed by atoms with Crippen molar-refractivity contribution in [3.05, 3.63) is 52.0 Å². The molecule has 0 amide bonds. The average Bonchev–Trinajstić information content (AvgIpc) is 2.24. The van der Waals surface area contributed by atoms with E-state index in [-0.39, 0.29) is 5.75 Å². The summed E-state index contributed by atoms with van der Waals surface area (Å²) in [5, 5.41) is 11.0.